The SMILES string of the molecule is C.C1=NCc2ccc(Nc3nc(-c4ccc(-c5ccccc5)cc4)nc4ccc(OCCN5CCOCC5)cc34)cc21. The van der Waals surface area contributed by atoms with E-state index in [1.807, 2.05) is 30.5 Å². The molecule has 2 aliphatic rings. The molecule has 0 bridgehead atoms. The van der Waals surface area contributed by atoms with Crippen molar-refractivity contribution in [3.8, 4) is 28.3 Å². The predicted octanol–water partition coefficient (Wildman–Crippen LogP) is 6.99. The van der Waals surface area contributed by atoms with Crippen LogP contribution in [0.25, 0.3) is 33.4 Å². The zero-order valence-electron chi connectivity index (χ0n) is 22.8. The van der Waals surface area contributed by atoms with Gasteiger partial charge in [0, 0.05) is 42.5 Å². The van der Waals surface area contributed by atoms with Gasteiger partial charge in [0.1, 0.15) is 18.2 Å². The lowest BCUT2D eigenvalue weighted by Crippen LogP contribution is -2.38. The molecule has 5 aromatic rings. The van der Waals surface area contributed by atoms with Gasteiger partial charge in [-0.2, -0.15) is 0 Å². The topological polar surface area (TPSA) is 71.9 Å². The zero-order chi connectivity index (χ0) is 27.4. The van der Waals surface area contributed by atoms with Crippen LogP contribution < -0.4 is 10.1 Å². The van der Waals surface area contributed by atoms with Crippen LogP contribution in [-0.4, -0.2) is 60.5 Å². The molecule has 4 aromatic carbocycles. The number of anilines is 2. The number of hydrogen-bond acceptors (Lipinski definition) is 7. The van der Waals surface area contributed by atoms with Crippen molar-refractivity contribution in [2.45, 2.75) is 14.0 Å². The highest BCUT2D eigenvalue weighted by molar-refractivity contribution is 5.94. The van der Waals surface area contributed by atoms with Gasteiger partial charge in [0.15, 0.2) is 5.82 Å². The maximum Gasteiger partial charge on any atom is 0.162 e. The van der Waals surface area contributed by atoms with Gasteiger partial charge in [-0.05, 0) is 52.6 Å². The molecule has 42 heavy (non-hydrogen) atoms. The first-order valence-corrected chi connectivity index (χ1v) is 14.1. The number of rotatable bonds is 8. The van der Waals surface area contributed by atoms with E-state index in [1.165, 1.54) is 11.1 Å². The summed E-state index contributed by atoms with van der Waals surface area (Å²) < 4.78 is 11.6. The molecular weight excluding hydrogens is 522 g/mol. The molecule has 0 aliphatic carbocycles. The van der Waals surface area contributed by atoms with Gasteiger partial charge in [-0.3, -0.25) is 9.89 Å². The summed E-state index contributed by atoms with van der Waals surface area (Å²) in [6.07, 6.45) is 1.93. The summed E-state index contributed by atoms with van der Waals surface area (Å²) in [6, 6.07) is 31.2. The molecule has 0 radical (unpaired) electrons. The van der Waals surface area contributed by atoms with E-state index in [9.17, 15) is 0 Å². The van der Waals surface area contributed by atoms with Crippen molar-refractivity contribution in [1.82, 2.24) is 14.9 Å². The number of fused-ring (bicyclic) bond motifs is 2. The van der Waals surface area contributed by atoms with Crippen molar-refractivity contribution in [2.24, 2.45) is 4.99 Å². The van der Waals surface area contributed by atoms with Crippen LogP contribution in [0.15, 0.2) is 96.0 Å². The second-order valence-corrected chi connectivity index (χ2v) is 10.3. The van der Waals surface area contributed by atoms with E-state index >= 15 is 0 Å². The van der Waals surface area contributed by atoms with Crippen molar-refractivity contribution in [1.29, 1.82) is 0 Å². The van der Waals surface area contributed by atoms with E-state index in [4.69, 9.17) is 19.4 Å². The van der Waals surface area contributed by atoms with E-state index < -0.39 is 0 Å². The van der Waals surface area contributed by atoms with Gasteiger partial charge in [-0.15, -0.1) is 0 Å². The van der Waals surface area contributed by atoms with Crippen LogP contribution >= 0.6 is 0 Å². The Hall–Kier alpha value is -4.59. The molecule has 1 aromatic heterocycles. The molecule has 7 heteroatoms. The van der Waals surface area contributed by atoms with Crippen LogP contribution in [0, 0.1) is 0 Å². The molecule has 0 amide bonds. The maximum absolute atomic E-state index is 6.17. The largest absolute Gasteiger partial charge is 0.492 e. The third-order valence-electron chi connectivity index (χ3n) is 7.60. The minimum absolute atomic E-state index is 0. The summed E-state index contributed by atoms with van der Waals surface area (Å²) in [5, 5.41) is 4.48. The van der Waals surface area contributed by atoms with Crippen molar-refractivity contribution in [3.05, 3.63) is 102 Å². The number of aliphatic imine (C=N–C) groups is 1. The molecule has 0 saturated carbocycles. The standard InChI is InChI=1S/C34H31N5O2.CH4/c1-2-4-24(5-3-1)25-6-8-26(9-7-25)33-37-32-13-12-30(41-19-16-39-14-17-40-18-15-39)21-31(32)34(38-33)36-29-11-10-27-22-35-23-28(27)20-29;/h1-13,20-21,23H,14-19,22H2,(H,36,37,38);1H4. The predicted molar refractivity (Wildman–Crippen MR) is 171 cm³/mol. The van der Waals surface area contributed by atoms with Crippen LogP contribution in [0.2, 0.25) is 0 Å². The number of hydrogen-bond donors (Lipinski definition) is 1. The highest BCUT2D eigenvalue weighted by Gasteiger charge is 2.14. The van der Waals surface area contributed by atoms with Gasteiger partial charge >= 0.3 is 0 Å². The number of morpholine rings is 1. The van der Waals surface area contributed by atoms with Crippen LogP contribution in [0.5, 0.6) is 5.75 Å². The highest BCUT2D eigenvalue weighted by atomic mass is 16.5. The molecule has 7 nitrogen and oxygen atoms in total. The van der Waals surface area contributed by atoms with Crippen LogP contribution in [-0.2, 0) is 11.3 Å². The van der Waals surface area contributed by atoms with Gasteiger partial charge in [-0.25, -0.2) is 9.97 Å². The molecule has 3 heterocycles. The molecule has 212 valence electrons. The molecule has 1 saturated heterocycles. The van der Waals surface area contributed by atoms with Gasteiger partial charge in [0.2, 0.25) is 0 Å². The Balaban J connectivity index is 0.00000316. The van der Waals surface area contributed by atoms with E-state index in [2.05, 4.69) is 81.9 Å². The highest BCUT2D eigenvalue weighted by Crippen LogP contribution is 2.32. The second-order valence-electron chi connectivity index (χ2n) is 10.3. The van der Waals surface area contributed by atoms with E-state index in [1.54, 1.807) is 0 Å². The van der Waals surface area contributed by atoms with Crippen molar-refractivity contribution >= 4 is 28.6 Å². The third kappa shape index (κ3) is 6.03. The van der Waals surface area contributed by atoms with E-state index in [0.29, 0.717) is 12.4 Å². The van der Waals surface area contributed by atoms with Crippen molar-refractivity contribution in [3.63, 3.8) is 0 Å². The lowest BCUT2D eigenvalue weighted by molar-refractivity contribution is 0.0322. The smallest absolute Gasteiger partial charge is 0.162 e. The fourth-order valence-corrected chi connectivity index (χ4v) is 5.30. The second kappa shape index (κ2) is 12.5. The minimum Gasteiger partial charge on any atom is -0.492 e. The van der Waals surface area contributed by atoms with E-state index in [0.717, 1.165) is 84.2 Å². The monoisotopic (exact) mass is 557 g/mol. The molecular formula is C35H35N5O2. The summed E-state index contributed by atoms with van der Waals surface area (Å²) in [4.78, 5) is 16.7. The molecule has 0 spiro atoms. The Morgan fingerprint density at radius 1 is 0.810 bits per heavy atom. The normalized spacial score (nSPS) is 14.4. The number of nitrogens with zero attached hydrogens (tertiary/aromatic N) is 4. The number of benzene rings is 4. The molecule has 1 fully saturated rings. The van der Waals surface area contributed by atoms with Crippen molar-refractivity contribution < 1.29 is 9.47 Å². The molecule has 7 rings (SSSR count). The van der Waals surface area contributed by atoms with Crippen LogP contribution in [0.4, 0.5) is 11.5 Å². The van der Waals surface area contributed by atoms with Crippen LogP contribution in [0.1, 0.15) is 18.6 Å². The maximum atomic E-state index is 6.17. The summed E-state index contributed by atoms with van der Waals surface area (Å²) in [5.74, 6) is 2.22. The Morgan fingerprint density at radius 3 is 2.43 bits per heavy atom. The molecule has 1 N–H and O–H groups in total. The number of nitrogens with one attached hydrogen (secondary N) is 1. The fourth-order valence-electron chi connectivity index (χ4n) is 5.30. The van der Waals surface area contributed by atoms with Gasteiger partial charge in [-0.1, -0.05) is 68.1 Å². The first kappa shape index (κ1) is 27.6. The Labute approximate surface area is 246 Å². The summed E-state index contributed by atoms with van der Waals surface area (Å²) >= 11 is 0. The van der Waals surface area contributed by atoms with Crippen molar-refractivity contribution in [2.75, 3.05) is 44.8 Å². The summed E-state index contributed by atoms with van der Waals surface area (Å²) in [6.45, 7) is 5.69. The van der Waals surface area contributed by atoms with E-state index in [-0.39, 0.29) is 7.43 Å². The molecule has 0 unspecified atom stereocenters. The van der Waals surface area contributed by atoms with Gasteiger partial charge in [0.25, 0.3) is 0 Å². The quantitative estimate of drug-likeness (QED) is 0.222. The van der Waals surface area contributed by atoms with Crippen LogP contribution in [0.3, 0.4) is 0 Å². The number of aromatic nitrogens is 2. The fraction of sp³-hybridized carbons (Fsp3) is 0.229. The average Bonchev–Trinajstić information content (AvgIpc) is 3.50. The van der Waals surface area contributed by atoms with Gasteiger partial charge < -0.3 is 14.8 Å². The summed E-state index contributed by atoms with van der Waals surface area (Å²) in [5.41, 5.74) is 7.49. The minimum atomic E-state index is 0. The lowest BCUT2D eigenvalue weighted by Gasteiger charge is -2.26. The Morgan fingerprint density at radius 2 is 1.60 bits per heavy atom. The molecule has 0 atom stereocenters. The average molecular weight is 558 g/mol. The lowest BCUT2D eigenvalue weighted by atomic mass is 10.0. The van der Waals surface area contributed by atoms with Gasteiger partial charge in [0.05, 0.1) is 25.3 Å². The first-order valence-electron chi connectivity index (χ1n) is 14.1. The summed E-state index contributed by atoms with van der Waals surface area (Å²) in [7, 11) is 0. The Kier molecular flexibility index (Phi) is 8.21. The zero-order valence-corrected chi connectivity index (χ0v) is 22.8. The Bertz CT molecular complexity index is 1700. The third-order valence-corrected chi connectivity index (χ3v) is 7.60. The molecule has 2 aliphatic heterocycles. The number of ether oxygens (including phenoxy) is 2. The first-order chi connectivity index (χ1) is 20.3.